The smallest absolute Gasteiger partial charge is 0.104 e. The van der Waals surface area contributed by atoms with E-state index < -0.39 is 0 Å². The highest BCUT2D eigenvalue weighted by atomic mass is 79.9. The fraction of sp³-hybridized carbons (Fsp3) is 0.714. The molecule has 0 saturated heterocycles. The molecule has 0 spiro atoms. The molecule has 0 N–H and O–H groups in total. The van der Waals surface area contributed by atoms with E-state index in [0.29, 0.717) is 0 Å². The van der Waals surface area contributed by atoms with Crippen LogP contribution in [0.4, 0.5) is 0 Å². The quantitative estimate of drug-likeness (QED) is 0.167. The van der Waals surface area contributed by atoms with Crippen LogP contribution in [0.1, 0.15) is 128 Å². The predicted molar refractivity (Wildman–Crippen MR) is 148 cm³/mol. The SMILES string of the molecule is CCCCCCCCCCc1nc2c(Br)ccc(Br)c2nc1CCCCCCCCCC. The maximum absolute atomic E-state index is 5.10. The fourth-order valence-electron chi connectivity index (χ4n) is 4.40. The zero-order valence-corrected chi connectivity index (χ0v) is 23.7. The maximum atomic E-state index is 5.10. The van der Waals surface area contributed by atoms with Gasteiger partial charge in [0, 0.05) is 8.95 Å². The molecule has 0 unspecified atom stereocenters. The third-order valence-electron chi connectivity index (χ3n) is 6.41. The Kier molecular flexibility index (Phi) is 14.8. The molecule has 180 valence electrons. The number of hydrogen-bond donors (Lipinski definition) is 0. The van der Waals surface area contributed by atoms with Gasteiger partial charge in [-0.15, -0.1) is 0 Å². The summed E-state index contributed by atoms with van der Waals surface area (Å²) in [5, 5.41) is 0. The van der Waals surface area contributed by atoms with Crippen molar-refractivity contribution in [1.82, 2.24) is 9.97 Å². The molecule has 0 aliphatic heterocycles. The molecule has 0 aliphatic carbocycles. The summed E-state index contributed by atoms with van der Waals surface area (Å²) in [4.78, 5) is 10.2. The van der Waals surface area contributed by atoms with Gasteiger partial charge >= 0.3 is 0 Å². The Morgan fingerprint density at radius 1 is 0.500 bits per heavy atom. The van der Waals surface area contributed by atoms with Gasteiger partial charge in [0.05, 0.1) is 11.4 Å². The Labute approximate surface area is 214 Å². The molecular weight excluding hydrogens is 524 g/mol. The lowest BCUT2D eigenvalue weighted by Gasteiger charge is -2.12. The molecule has 0 atom stereocenters. The van der Waals surface area contributed by atoms with Gasteiger partial charge in [0.2, 0.25) is 0 Å². The standard InChI is InChI=1S/C28H44Br2N2/c1-3-5-7-9-11-13-15-17-19-25-26(20-18-16-14-12-10-8-6-4-2)32-28-24(30)22-21-23(29)27(28)31-25/h21-22H,3-20H2,1-2H3. The third-order valence-corrected chi connectivity index (χ3v) is 7.69. The highest BCUT2D eigenvalue weighted by Crippen LogP contribution is 2.29. The third kappa shape index (κ3) is 10.2. The van der Waals surface area contributed by atoms with Crippen LogP contribution in [0.5, 0.6) is 0 Å². The van der Waals surface area contributed by atoms with E-state index in [1.165, 1.54) is 114 Å². The number of rotatable bonds is 18. The number of aryl methyl sites for hydroxylation is 2. The van der Waals surface area contributed by atoms with E-state index in [0.717, 1.165) is 32.8 Å². The zero-order chi connectivity index (χ0) is 23.0. The average Bonchev–Trinajstić information content (AvgIpc) is 2.80. The van der Waals surface area contributed by atoms with Gasteiger partial charge in [-0.3, -0.25) is 0 Å². The van der Waals surface area contributed by atoms with Crippen molar-refractivity contribution < 1.29 is 0 Å². The second kappa shape index (κ2) is 17.0. The van der Waals surface area contributed by atoms with Crippen LogP contribution in [0.15, 0.2) is 21.1 Å². The molecule has 2 aromatic rings. The van der Waals surface area contributed by atoms with E-state index in [1.54, 1.807) is 0 Å². The fourth-order valence-corrected chi connectivity index (χ4v) is 5.21. The Hall–Kier alpha value is -0.480. The van der Waals surface area contributed by atoms with Gasteiger partial charge in [0.25, 0.3) is 0 Å². The van der Waals surface area contributed by atoms with Crippen molar-refractivity contribution in [3.63, 3.8) is 0 Å². The van der Waals surface area contributed by atoms with E-state index in [4.69, 9.17) is 9.97 Å². The Morgan fingerprint density at radius 3 is 1.16 bits per heavy atom. The summed E-state index contributed by atoms with van der Waals surface area (Å²) >= 11 is 7.38. The highest BCUT2D eigenvalue weighted by Gasteiger charge is 2.13. The van der Waals surface area contributed by atoms with Gasteiger partial charge < -0.3 is 0 Å². The maximum Gasteiger partial charge on any atom is 0.104 e. The van der Waals surface area contributed by atoms with E-state index in [-0.39, 0.29) is 0 Å². The van der Waals surface area contributed by atoms with Crippen LogP contribution in [0.25, 0.3) is 11.0 Å². The molecule has 0 radical (unpaired) electrons. The summed E-state index contributed by atoms with van der Waals surface area (Å²) in [5.74, 6) is 0. The molecule has 4 heteroatoms. The first-order valence-corrected chi connectivity index (χ1v) is 14.9. The largest absolute Gasteiger partial charge is 0.248 e. The van der Waals surface area contributed by atoms with Crippen molar-refractivity contribution in [3.8, 4) is 0 Å². The van der Waals surface area contributed by atoms with Gasteiger partial charge in [-0.05, 0) is 69.7 Å². The number of fused-ring (bicyclic) bond motifs is 1. The minimum atomic E-state index is 0.994. The van der Waals surface area contributed by atoms with Crippen LogP contribution in [-0.2, 0) is 12.8 Å². The number of hydrogen-bond acceptors (Lipinski definition) is 2. The van der Waals surface area contributed by atoms with Crippen LogP contribution < -0.4 is 0 Å². The summed E-state index contributed by atoms with van der Waals surface area (Å²) < 4.78 is 2.08. The Balaban J connectivity index is 1.90. The van der Waals surface area contributed by atoms with Crippen molar-refractivity contribution in [1.29, 1.82) is 0 Å². The normalized spacial score (nSPS) is 11.5. The summed E-state index contributed by atoms with van der Waals surface area (Å²) in [6, 6.07) is 4.14. The lowest BCUT2D eigenvalue weighted by Crippen LogP contribution is -2.04. The molecule has 1 aromatic heterocycles. The van der Waals surface area contributed by atoms with E-state index in [9.17, 15) is 0 Å². The molecule has 0 aliphatic rings. The minimum absolute atomic E-state index is 0.994. The number of benzene rings is 1. The van der Waals surface area contributed by atoms with Crippen LogP contribution in [-0.4, -0.2) is 9.97 Å². The average molecular weight is 568 g/mol. The number of unbranched alkanes of at least 4 members (excludes halogenated alkanes) is 14. The van der Waals surface area contributed by atoms with Gasteiger partial charge in [-0.25, -0.2) is 9.97 Å². The van der Waals surface area contributed by atoms with Crippen molar-refractivity contribution in [2.45, 2.75) is 129 Å². The molecule has 1 heterocycles. The van der Waals surface area contributed by atoms with E-state index in [2.05, 4.69) is 57.8 Å². The first-order valence-electron chi connectivity index (χ1n) is 13.3. The highest BCUT2D eigenvalue weighted by molar-refractivity contribution is 9.11. The van der Waals surface area contributed by atoms with Crippen molar-refractivity contribution in [2.24, 2.45) is 0 Å². The van der Waals surface area contributed by atoms with Gasteiger partial charge in [0.1, 0.15) is 11.0 Å². The summed E-state index contributed by atoms with van der Waals surface area (Å²) in [5.41, 5.74) is 4.44. The van der Waals surface area contributed by atoms with Gasteiger partial charge in [0.15, 0.2) is 0 Å². The Morgan fingerprint density at radius 2 is 0.812 bits per heavy atom. The van der Waals surface area contributed by atoms with E-state index >= 15 is 0 Å². The van der Waals surface area contributed by atoms with Crippen LogP contribution in [0.3, 0.4) is 0 Å². The molecule has 1 aromatic carbocycles. The van der Waals surface area contributed by atoms with E-state index in [1.807, 2.05) is 0 Å². The van der Waals surface area contributed by atoms with Crippen molar-refractivity contribution in [2.75, 3.05) is 0 Å². The van der Waals surface area contributed by atoms with Gasteiger partial charge in [-0.1, -0.05) is 104 Å². The molecular formula is C28H44Br2N2. The minimum Gasteiger partial charge on any atom is -0.248 e. The van der Waals surface area contributed by atoms with Crippen molar-refractivity contribution >= 4 is 42.9 Å². The first-order chi connectivity index (χ1) is 15.7. The number of halogens is 2. The molecule has 2 nitrogen and oxygen atoms in total. The molecule has 0 saturated carbocycles. The molecule has 32 heavy (non-hydrogen) atoms. The molecule has 0 amide bonds. The van der Waals surface area contributed by atoms with Crippen LogP contribution in [0, 0.1) is 0 Å². The predicted octanol–water partition coefficient (Wildman–Crippen LogP) is 10.5. The molecule has 0 bridgehead atoms. The summed E-state index contributed by atoms with van der Waals surface area (Å²) in [6.45, 7) is 4.57. The summed E-state index contributed by atoms with van der Waals surface area (Å²) in [6.07, 6.45) is 23.7. The van der Waals surface area contributed by atoms with Crippen molar-refractivity contribution in [3.05, 3.63) is 32.5 Å². The first kappa shape index (κ1) is 27.8. The molecule has 0 fully saturated rings. The number of aromatic nitrogens is 2. The lowest BCUT2D eigenvalue weighted by atomic mass is 10.0. The van der Waals surface area contributed by atoms with Gasteiger partial charge in [-0.2, -0.15) is 0 Å². The monoisotopic (exact) mass is 566 g/mol. The zero-order valence-electron chi connectivity index (χ0n) is 20.5. The van der Waals surface area contributed by atoms with Crippen LogP contribution >= 0.6 is 31.9 Å². The molecule has 2 rings (SSSR count). The topological polar surface area (TPSA) is 25.8 Å². The number of nitrogens with zero attached hydrogens (tertiary/aromatic N) is 2. The summed E-state index contributed by atoms with van der Waals surface area (Å²) in [7, 11) is 0. The lowest BCUT2D eigenvalue weighted by molar-refractivity contribution is 0.567. The Bertz CT molecular complexity index is 711. The second-order valence-electron chi connectivity index (χ2n) is 9.29. The second-order valence-corrected chi connectivity index (χ2v) is 11.0. The van der Waals surface area contributed by atoms with Crippen LogP contribution in [0.2, 0.25) is 0 Å².